The molecule has 12 heteroatoms. The molecule has 226 valence electrons. The Morgan fingerprint density at radius 1 is 1.17 bits per heavy atom. The maximum atomic E-state index is 13.0. The molecule has 0 saturated carbocycles. The van der Waals surface area contributed by atoms with Gasteiger partial charge >= 0.3 is 23.9 Å². The Kier molecular flexibility index (Phi) is 13.4. The number of carbonyl (C=O) groups excluding carboxylic acids is 5. The van der Waals surface area contributed by atoms with Crippen molar-refractivity contribution in [2.45, 2.75) is 96.7 Å². The van der Waals surface area contributed by atoms with Crippen LogP contribution < -0.4 is 0 Å². The van der Waals surface area contributed by atoms with Gasteiger partial charge in [-0.25, -0.2) is 0 Å². The van der Waals surface area contributed by atoms with Gasteiger partial charge in [0.2, 0.25) is 0 Å². The summed E-state index contributed by atoms with van der Waals surface area (Å²) in [6.07, 6.45) is 0.757. The average Bonchev–Trinajstić information content (AvgIpc) is 3.26. The fraction of sp³-hybridized carbons (Fsp3) is 0.552. The third-order valence-electron chi connectivity index (χ3n) is 6.22. The SMILES string of the molecule is C=C(COC(=O)C/C(C)=C/[C@@H](O)[C@H]1O[C@@H]2CC/C(Cl)=C/C/C=C(/OC(C)=O)C(OC(C)=O)CC(=O)O[C@@H]1C2)C(C)=O. The first-order chi connectivity index (χ1) is 19.2. The van der Waals surface area contributed by atoms with Gasteiger partial charge in [-0.15, -0.1) is 0 Å². The highest BCUT2D eigenvalue weighted by molar-refractivity contribution is 6.29. The Bertz CT molecular complexity index is 1120. The quantitative estimate of drug-likeness (QED) is 0.180. The molecule has 2 aliphatic rings. The molecule has 2 rings (SSSR count). The lowest BCUT2D eigenvalue weighted by atomic mass is 10.0. The second-order valence-electron chi connectivity index (χ2n) is 9.92. The summed E-state index contributed by atoms with van der Waals surface area (Å²) in [5, 5.41) is 11.5. The van der Waals surface area contributed by atoms with Gasteiger partial charge < -0.3 is 28.8 Å². The monoisotopic (exact) mass is 596 g/mol. The van der Waals surface area contributed by atoms with Crippen molar-refractivity contribution < 1.29 is 52.8 Å². The van der Waals surface area contributed by atoms with Crippen LogP contribution in [-0.4, -0.2) is 71.9 Å². The fourth-order valence-corrected chi connectivity index (χ4v) is 4.43. The minimum Gasteiger partial charge on any atom is -0.460 e. The van der Waals surface area contributed by atoms with E-state index in [1.807, 2.05) is 0 Å². The molecule has 0 amide bonds. The number of esters is 4. The van der Waals surface area contributed by atoms with E-state index in [0.717, 1.165) is 6.92 Å². The van der Waals surface area contributed by atoms with Crippen LogP contribution in [0.5, 0.6) is 0 Å². The summed E-state index contributed by atoms with van der Waals surface area (Å²) in [6, 6.07) is 0. The highest BCUT2D eigenvalue weighted by Crippen LogP contribution is 2.32. The van der Waals surface area contributed by atoms with E-state index < -0.39 is 54.7 Å². The number of aliphatic hydroxyl groups excluding tert-OH is 1. The Balaban J connectivity index is 2.22. The normalized spacial score (nSPS) is 27.1. The van der Waals surface area contributed by atoms with E-state index in [2.05, 4.69) is 6.58 Å². The van der Waals surface area contributed by atoms with E-state index in [0.29, 0.717) is 23.4 Å². The number of ketones is 1. The third kappa shape index (κ3) is 12.0. The zero-order valence-corrected chi connectivity index (χ0v) is 24.4. The second-order valence-corrected chi connectivity index (χ2v) is 10.4. The highest BCUT2D eigenvalue weighted by atomic mass is 35.5. The van der Waals surface area contributed by atoms with E-state index in [1.165, 1.54) is 26.0 Å². The first-order valence-electron chi connectivity index (χ1n) is 13.2. The van der Waals surface area contributed by atoms with Gasteiger partial charge in [-0.05, 0) is 39.2 Å². The van der Waals surface area contributed by atoms with Crippen LogP contribution in [0, 0.1) is 0 Å². The minimum absolute atomic E-state index is 0.0307. The number of ether oxygens (including phenoxy) is 5. The molecule has 1 N–H and O–H groups in total. The van der Waals surface area contributed by atoms with Crippen molar-refractivity contribution in [2.75, 3.05) is 6.61 Å². The van der Waals surface area contributed by atoms with E-state index in [1.54, 1.807) is 13.0 Å². The Morgan fingerprint density at radius 2 is 1.88 bits per heavy atom. The maximum absolute atomic E-state index is 13.0. The van der Waals surface area contributed by atoms with Gasteiger partial charge in [-0.2, -0.15) is 0 Å². The average molecular weight is 597 g/mol. The van der Waals surface area contributed by atoms with Crippen molar-refractivity contribution >= 4 is 41.3 Å². The fourth-order valence-electron chi connectivity index (χ4n) is 4.23. The lowest BCUT2D eigenvalue weighted by Gasteiger charge is -2.24. The van der Waals surface area contributed by atoms with Gasteiger partial charge in [0.1, 0.15) is 30.7 Å². The summed E-state index contributed by atoms with van der Waals surface area (Å²) >= 11 is 6.37. The number of halogens is 1. The standard InChI is InChI=1S/C29H37ClO11/c1-16(12-27(35)37-15-17(2)18(3)31)11-23(34)29-26-13-22(40-29)10-9-21(30)7-6-8-24(38-19(4)32)25(39-20(5)33)14-28(36)41-26/h7-8,11,22-23,25-26,29,34H,2,6,9-10,12-15H2,1,3-5H3/b16-11+,21-7-,24-8+/t22-,23-,25?,26-,29-/m1/s1. The number of allylic oxidation sites excluding steroid dienone is 3. The molecular weight excluding hydrogens is 560 g/mol. The number of carbonyl (C=O) groups is 5. The second kappa shape index (κ2) is 16.2. The number of Topliss-reactive ketones (excluding diaryl/α,β-unsaturated/α-hetero) is 1. The molecule has 0 radical (unpaired) electrons. The molecule has 0 aromatic carbocycles. The van der Waals surface area contributed by atoms with Gasteiger partial charge in [0, 0.05) is 30.9 Å². The molecule has 0 aromatic heterocycles. The highest BCUT2D eigenvalue weighted by Gasteiger charge is 2.42. The van der Waals surface area contributed by atoms with Crippen molar-refractivity contribution in [2.24, 2.45) is 0 Å². The molecule has 1 fully saturated rings. The Morgan fingerprint density at radius 3 is 2.51 bits per heavy atom. The van der Waals surface area contributed by atoms with E-state index in [-0.39, 0.29) is 49.1 Å². The van der Waals surface area contributed by atoms with Crippen LogP contribution in [0.3, 0.4) is 0 Å². The van der Waals surface area contributed by atoms with Crippen molar-refractivity contribution in [3.63, 3.8) is 0 Å². The topological polar surface area (TPSA) is 152 Å². The van der Waals surface area contributed by atoms with Crippen LogP contribution in [0.15, 0.2) is 46.7 Å². The molecule has 0 aromatic rings. The van der Waals surface area contributed by atoms with E-state index in [4.69, 9.17) is 35.3 Å². The number of hydrogen-bond donors (Lipinski definition) is 1. The Labute approximate surface area is 244 Å². The molecule has 2 bridgehead atoms. The molecule has 2 heterocycles. The van der Waals surface area contributed by atoms with Crippen LogP contribution >= 0.6 is 11.6 Å². The molecule has 41 heavy (non-hydrogen) atoms. The predicted octanol–water partition coefficient (Wildman–Crippen LogP) is 3.52. The number of hydrogen-bond acceptors (Lipinski definition) is 11. The summed E-state index contributed by atoms with van der Waals surface area (Å²) in [4.78, 5) is 59.8. The number of fused-ring (bicyclic) bond motifs is 2. The van der Waals surface area contributed by atoms with Crippen LogP contribution in [0.2, 0.25) is 0 Å². The lowest BCUT2D eigenvalue weighted by molar-refractivity contribution is -0.162. The summed E-state index contributed by atoms with van der Waals surface area (Å²) in [6.45, 7) is 8.58. The first kappa shape index (κ1) is 33.9. The van der Waals surface area contributed by atoms with Crippen molar-refractivity contribution in [3.05, 3.63) is 46.7 Å². The third-order valence-corrected chi connectivity index (χ3v) is 6.56. The van der Waals surface area contributed by atoms with Crippen molar-refractivity contribution in [1.29, 1.82) is 0 Å². The van der Waals surface area contributed by atoms with Gasteiger partial charge in [0.25, 0.3) is 0 Å². The number of rotatable bonds is 9. The zero-order valence-electron chi connectivity index (χ0n) is 23.7. The zero-order chi connectivity index (χ0) is 30.7. The lowest BCUT2D eigenvalue weighted by Crippen LogP contribution is -2.37. The van der Waals surface area contributed by atoms with Gasteiger partial charge in [-0.1, -0.05) is 35.9 Å². The molecule has 1 saturated heterocycles. The number of aliphatic hydroxyl groups is 1. The molecule has 5 atom stereocenters. The van der Waals surface area contributed by atoms with Crippen LogP contribution in [0.25, 0.3) is 0 Å². The van der Waals surface area contributed by atoms with Crippen molar-refractivity contribution in [3.8, 4) is 0 Å². The summed E-state index contributed by atoms with van der Waals surface area (Å²) in [7, 11) is 0. The molecule has 2 aliphatic heterocycles. The van der Waals surface area contributed by atoms with Crippen LogP contribution in [0.4, 0.5) is 0 Å². The van der Waals surface area contributed by atoms with E-state index >= 15 is 0 Å². The smallest absolute Gasteiger partial charge is 0.310 e. The minimum atomic E-state index is -1.25. The summed E-state index contributed by atoms with van der Waals surface area (Å²) in [5.41, 5.74) is 0.628. The molecular formula is C29H37ClO11. The molecule has 11 nitrogen and oxygen atoms in total. The Hall–Kier alpha value is -3.28. The summed E-state index contributed by atoms with van der Waals surface area (Å²) in [5.74, 6) is -3.05. The van der Waals surface area contributed by atoms with Crippen molar-refractivity contribution in [1.82, 2.24) is 0 Å². The largest absolute Gasteiger partial charge is 0.460 e. The molecule has 0 spiro atoms. The van der Waals surface area contributed by atoms with Crippen LogP contribution in [0.1, 0.15) is 66.2 Å². The van der Waals surface area contributed by atoms with Crippen LogP contribution in [-0.2, 0) is 47.7 Å². The maximum Gasteiger partial charge on any atom is 0.310 e. The van der Waals surface area contributed by atoms with Gasteiger partial charge in [0.15, 0.2) is 11.9 Å². The first-order valence-corrected chi connectivity index (χ1v) is 13.6. The van der Waals surface area contributed by atoms with Gasteiger partial charge in [-0.3, -0.25) is 24.0 Å². The molecule has 1 unspecified atom stereocenters. The predicted molar refractivity (Wildman–Crippen MR) is 146 cm³/mol. The van der Waals surface area contributed by atoms with Gasteiger partial charge in [0.05, 0.1) is 18.9 Å². The van der Waals surface area contributed by atoms with E-state index in [9.17, 15) is 29.1 Å². The molecule has 0 aliphatic carbocycles. The summed E-state index contributed by atoms with van der Waals surface area (Å²) < 4.78 is 27.2.